The van der Waals surface area contributed by atoms with Gasteiger partial charge in [-0.05, 0) is 35.4 Å². The molecule has 1 aromatic carbocycles. The fourth-order valence-electron chi connectivity index (χ4n) is 3.10. The Hall–Kier alpha value is -1.70. The van der Waals surface area contributed by atoms with Crippen LogP contribution in [-0.4, -0.2) is 10.8 Å². The maximum absolute atomic E-state index is 12.3. The van der Waals surface area contributed by atoms with E-state index in [0.29, 0.717) is 24.5 Å². The SMILES string of the molecule is CC(CC(=O)Cc1ccnc2ccccc12)CC(C)(C)C. The molecule has 112 valence electrons. The molecule has 2 heteroatoms. The van der Waals surface area contributed by atoms with Crippen LogP contribution in [0.5, 0.6) is 0 Å². The van der Waals surface area contributed by atoms with E-state index >= 15 is 0 Å². The van der Waals surface area contributed by atoms with Crippen LogP contribution in [0.15, 0.2) is 36.5 Å². The topological polar surface area (TPSA) is 30.0 Å². The largest absolute Gasteiger partial charge is 0.299 e. The molecule has 2 rings (SSSR count). The minimum absolute atomic E-state index is 0.281. The molecule has 1 aromatic heterocycles. The van der Waals surface area contributed by atoms with Crippen molar-refractivity contribution < 1.29 is 4.79 Å². The third-order valence-electron chi connectivity index (χ3n) is 3.66. The first-order chi connectivity index (χ1) is 9.85. The van der Waals surface area contributed by atoms with Crippen molar-refractivity contribution >= 4 is 16.7 Å². The monoisotopic (exact) mass is 283 g/mol. The Kier molecular flexibility index (Phi) is 4.76. The second kappa shape index (κ2) is 6.38. The lowest BCUT2D eigenvalue weighted by Gasteiger charge is -2.22. The second-order valence-electron chi connectivity index (χ2n) is 7.28. The van der Waals surface area contributed by atoms with Gasteiger partial charge < -0.3 is 0 Å². The summed E-state index contributed by atoms with van der Waals surface area (Å²) in [7, 11) is 0. The number of hydrogen-bond acceptors (Lipinski definition) is 2. The van der Waals surface area contributed by atoms with E-state index in [1.165, 1.54) is 0 Å². The summed E-state index contributed by atoms with van der Waals surface area (Å²) in [4.78, 5) is 16.7. The van der Waals surface area contributed by atoms with E-state index in [1.54, 1.807) is 6.20 Å². The molecular formula is C19H25NO. The summed E-state index contributed by atoms with van der Waals surface area (Å²) < 4.78 is 0. The van der Waals surface area contributed by atoms with Gasteiger partial charge in [0.15, 0.2) is 0 Å². The summed E-state index contributed by atoms with van der Waals surface area (Å²) in [6.07, 6.45) is 4.05. The summed E-state index contributed by atoms with van der Waals surface area (Å²) in [6.45, 7) is 8.85. The molecule has 1 heterocycles. The molecule has 0 aliphatic rings. The zero-order valence-electron chi connectivity index (χ0n) is 13.5. The number of pyridine rings is 1. The molecule has 0 N–H and O–H groups in total. The molecule has 1 unspecified atom stereocenters. The molecule has 0 saturated heterocycles. The first kappa shape index (κ1) is 15.7. The Bertz CT molecular complexity index is 619. The van der Waals surface area contributed by atoms with Crippen molar-refractivity contribution in [2.24, 2.45) is 11.3 Å². The standard InChI is InChI=1S/C19H25NO/c1-14(13-19(2,3)4)11-16(21)12-15-9-10-20-18-8-6-5-7-17(15)18/h5-10,14H,11-13H2,1-4H3. The fraction of sp³-hybridized carbons (Fsp3) is 0.474. The van der Waals surface area contributed by atoms with Gasteiger partial charge in [-0.1, -0.05) is 45.9 Å². The predicted octanol–water partition coefficient (Wildman–Crippen LogP) is 4.81. The number of aromatic nitrogens is 1. The van der Waals surface area contributed by atoms with Crippen LogP contribution in [-0.2, 0) is 11.2 Å². The molecule has 21 heavy (non-hydrogen) atoms. The summed E-state index contributed by atoms with van der Waals surface area (Å²) in [5.41, 5.74) is 2.34. The summed E-state index contributed by atoms with van der Waals surface area (Å²) in [6, 6.07) is 9.98. The van der Waals surface area contributed by atoms with Gasteiger partial charge in [-0.3, -0.25) is 9.78 Å². The van der Waals surface area contributed by atoms with E-state index in [9.17, 15) is 4.79 Å². The molecule has 1 atom stereocenters. The third kappa shape index (κ3) is 4.66. The van der Waals surface area contributed by atoms with E-state index in [0.717, 1.165) is 22.9 Å². The highest BCUT2D eigenvalue weighted by Crippen LogP contribution is 2.26. The first-order valence-corrected chi connectivity index (χ1v) is 7.69. The average molecular weight is 283 g/mol. The number of para-hydroxylation sites is 1. The van der Waals surface area contributed by atoms with Crippen molar-refractivity contribution in [3.63, 3.8) is 0 Å². The first-order valence-electron chi connectivity index (χ1n) is 7.69. The average Bonchev–Trinajstić information content (AvgIpc) is 2.36. The van der Waals surface area contributed by atoms with E-state index in [4.69, 9.17) is 0 Å². The molecule has 0 bridgehead atoms. The zero-order chi connectivity index (χ0) is 15.5. The second-order valence-corrected chi connectivity index (χ2v) is 7.28. The van der Waals surface area contributed by atoms with E-state index < -0.39 is 0 Å². The lowest BCUT2D eigenvalue weighted by molar-refractivity contribution is -0.119. The van der Waals surface area contributed by atoms with Gasteiger partial charge in [-0.25, -0.2) is 0 Å². The molecule has 2 aromatic rings. The van der Waals surface area contributed by atoms with Crippen molar-refractivity contribution in [3.8, 4) is 0 Å². The van der Waals surface area contributed by atoms with Crippen LogP contribution in [0.1, 0.15) is 46.1 Å². The quantitative estimate of drug-likeness (QED) is 0.788. The molecule has 0 saturated carbocycles. The highest BCUT2D eigenvalue weighted by molar-refractivity contribution is 5.88. The van der Waals surface area contributed by atoms with Crippen LogP contribution < -0.4 is 0 Å². The smallest absolute Gasteiger partial charge is 0.137 e. The van der Waals surface area contributed by atoms with Gasteiger partial charge in [0.05, 0.1) is 5.52 Å². The lowest BCUT2D eigenvalue weighted by atomic mass is 9.83. The number of rotatable bonds is 5. The molecule has 0 amide bonds. The summed E-state index contributed by atoms with van der Waals surface area (Å²) in [5, 5.41) is 1.09. The fourth-order valence-corrected chi connectivity index (χ4v) is 3.10. The van der Waals surface area contributed by atoms with Crippen LogP contribution >= 0.6 is 0 Å². The molecular weight excluding hydrogens is 258 g/mol. The number of carbonyl (C=O) groups excluding carboxylic acids is 1. The van der Waals surface area contributed by atoms with Crippen molar-refractivity contribution in [1.29, 1.82) is 0 Å². The Morgan fingerprint density at radius 2 is 1.90 bits per heavy atom. The van der Waals surface area contributed by atoms with Gasteiger partial charge in [0.2, 0.25) is 0 Å². The Balaban J connectivity index is 2.05. The molecule has 0 aliphatic carbocycles. The van der Waals surface area contributed by atoms with Gasteiger partial charge in [0, 0.05) is 24.4 Å². The van der Waals surface area contributed by atoms with Gasteiger partial charge in [0.25, 0.3) is 0 Å². The molecule has 2 nitrogen and oxygen atoms in total. The van der Waals surface area contributed by atoms with Crippen LogP contribution in [0.3, 0.4) is 0 Å². The van der Waals surface area contributed by atoms with Crippen LogP contribution in [0.25, 0.3) is 10.9 Å². The molecule has 0 radical (unpaired) electrons. The molecule has 0 spiro atoms. The van der Waals surface area contributed by atoms with Crippen molar-refractivity contribution in [3.05, 3.63) is 42.1 Å². The Morgan fingerprint density at radius 3 is 2.62 bits per heavy atom. The number of ketones is 1. The normalized spacial score (nSPS) is 13.3. The van der Waals surface area contributed by atoms with Gasteiger partial charge in [0.1, 0.15) is 5.78 Å². The van der Waals surface area contributed by atoms with Crippen molar-refractivity contribution in [2.75, 3.05) is 0 Å². The highest BCUT2D eigenvalue weighted by atomic mass is 16.1. The third-order valence-corrected chi connectivity index (χ3v) is 3.66. The van der Waals surface area contributed by atoms with Crippen LogP contribution in [0, 0.1) is 11.3 Å². The van der Waals surface area contributed by atoms with Crippen LogP contribution in [0.4, 0.5) is 0 Å². The van der Waals surface area contributed by atoms with E-state index in [1.807, 2.05) is 30.3 Å². The maximum atomic E-state index is 12.3. The Labute approximate surface area is 127 Å². The van der Waals surface area contributed by atoms with Gasteiger partial charge in [-0.15, -0.1) is 0 Å². The molecule has 0 aliphatic heterocycles. The number of hydrogen-bond donors (Lipinski definition) is 0. The predicted molar refractivity (Wildman–Crippen MR) is 88.3 cm³/mol. The number of nitrogens with zero attached hydrogens (tertiary/aromatic N) is 1. The number of benzene rings is 1. The summed E-state index contributed by atoms with van der Waals surface area (Å²) >= 11 is 0. The highest BCUT2D eigenvalue weighted by Gasteiger charge is 2.18. The number of carbonyl (C=O) groups is 1. The van der Waals surface area contributed by atoms with E-state index in [2.05, 4.69) is 32.7 Å². The number of Topliss-reactive ketones (excluding diaryl/α,β-unsaturated/α-hetero) is 1. The van der Waals surface area contributed by atoms with Gasteiger partial charge >= 0.3 is 0 Å². The van der Waals surface area contributed by atoms with Gasteiger partial charge in [-0.2, -0.15) is 0 Å². The maximum Gasteiger partial charge on any atom is 0.137 e. The van der Waals surface area contributed by atoms with Crippen molar-refractivity contribution in [1.82, 2.24) is 4.98 Å². The zero-order valence-corrected chi connectivity index (χ0v) is 13.5. The van der Waals surface area contributed by atoms with Crippen LogP contribution in [0.2, 0.25) is 0 Å². The van der Waals surface area contributed by atoms with Crippen molar-refractivity contribution in [2.45, 2.75) is 47.0 Å². The lowest BCUT2D eigenvalue weighted by Crippen LogP contribution is -2.15. The summed E-state index contributed by atoms with van der Waals surface area (Å²) in [5.74, 6) is 0.758. The molecule has 0 fully saturated rings. The number of fused-ring (bicyclic) bond motifs is 1. The minimum atomic E-state index is 0.281. The minimum Gasteiger partial charge on any atom is -0.299 e. The Morgan fingerprint density at radius 1 is 1.19 bits per heavy atom. The van der Waals surface area contributed by atoms with E-state index in [-0.39, 0.29) is 5.41 Å².